The van der Waals surface area contributed by atoms with Crippen molar-refractivity contribution in [3.05, 3.63) is 54.1 Å². The van der Waals surface area contributed by atoms with Gasteiger partial charge >= 0.3 is 5.97 Å². The predicted molar refractivity (Wildman–Crippen MR) is 122 cm³/mol. The monoisotopic (exact) mass is 462 g/mol. The third kappa shape index (κ3) is 7.35. The first-order chi connectivity index (χ1) is 15.3. The fourth-order valence-corrected chi connectivity index (χ4v) is 4.49. The van der Waals surface area contributed by atoms with Gasteiger partial charge in [0.15, 0.2) is 6.61 Å². The average molecular weight is 463 g/mol. The lowest BCUT2D eigenvalue weighted by atomic mass is 10.1. The smallest absolute Gasteiger partial charge is 0.344 e. The maximum Gasteiger partial charge on any atom is 0.344 e. The van der Waals surface area contributed by atoms with Crippen LogP contribution in [0.15, 0.2) is 53.4 Å². The van der Waals surface area contributed by atoms with Gasteiger partial charge in [0.05, 0.1) is 11.5 Å². The molecule has 0 atom stereocenters. The first-order valence-corrected chi connectivity index (χ1v) is 12.0. The van der Waals surface area contributed by atoms with E-state index in [2.05, 4.69) is 5.32 Å². The molecule has 0 saturated heterocycles. The van der Waals surface area contributed by atoms with Gasteiger partial charge in [-0.2, -0.15) is 4.31 Å². The van der Waals surface area contributed by atoms with Gasteiger partial charge in [-0.05, 0) is 43.2 Å². The van der Waals surface area contributed by atoms with Gasteiger partial charge in [-0.1, -0.05) is 32.0 Å². The standard InChI is InChI=1S/C23H30N2O6S/c1-4-25(5-2)32(28,29)21-13-10-18(11-14-21)12-15-22(26)24-19-8-7-9-20(16-19)31-17-23(27)30-6-3/h7-11,13-14,16H,4-6,12,15,17H2,1-3H3,(H,24,26). The molecule has 0 aliphatic carbocycles. The lowest BCUT2D eigenvalue weighted by Gasteiger charge is -2.18. The number of aryl methyl sites for hydroxylation is 1. The molecule has 174 valence electrons. The molecule has 0 radical (unpaired) electrons. The van der Waals surface area contributed by atoms with Crippen LogP contribution in [0.25, 0.3) is 0 Å². The average Bonchev–Trinajstić information content (AvgIpc) is 2.78. The molecule has 1 amide bonds. The van der Waals surface area contributed by atoms with E-state index in [1.807, 2.05) is 0 Å². The van der Waals surface area contributed by atoms with E-state index >= 15 is 0 Å². The molecule has 2 aromatic carbocycles. The Bertz CT molecular complexity index is 1000. The van der Waals surface area contributed by atoms with E-state index in [1.54, 1.807) is 69.3 Å². The Hall–Kier alpha value is -2.91. The van der Waals surface area contributed by atoms with Crippen LogP contribution in [0.4, 0.5) is 5.69 Å². The Morgan fingerprint density at radius 1 is 1.00 bits per heavy atom. The molecule has 2 aromatic rings. The summed E-state index contributed by atoms with van der Waals surface area (Å²) >= 11 is 0. The molecule has 1 N–H and O–H groups in total. The van der Waals surface area contributed by atoms with Crippen molar-refractivity contribution >= 4 is 27.6 Å². The van der Waals surface area contributed by atoms with E-state index in [-0.39, 0.29) is 30.4 Å². The lowest BCUT2D eigenvalue weighted by Crippen LogP contribution is -2.30. The number of amides is 1. The Labute approximate surface area is 189 Å². The number of carbonyl (C=O) groups is 2. The van der Waals surface area contributed by atoms with Crippen LogP contribution in [-0.2, 0) is 30.8 Å². The zero-order chi connectivity index (χ0) is 23.6. The van der Waals surface area contributed by atoms with Crippen molar-refractivity contribution in [2.75, 3.05) is 31.6 Å². The van der Waals surface area contributed by atoms with E-state index < -0.39 is 16.0 Å². The lowest BCUT2D eigenvalue weighted by molar-refractivity contribution is -0.145. The molecule has 0 spiro atoms. The highest BCUT2D eigenvalue weighted by Crippen LogP contribution is 2.19. The SMILES string of the molecule is CCOC(=O)COc1cccc(NC(=O)CCc2ccc(S(=O)(=O)N(CC)CC)cc2)c1. The Kier molecular flexibility index (Phi) is 9.67. The van der Waals surface area contributed by atoms with Gasteiger partial charge in [0, 0.05) is 31.3 Å². The number of hydrogen-bond donors (Lipinski definition) is 1. The van der Waals surface area contributed by atoms with Crippen molar-refractivity contribution in [3.63, 3.8) is 0 Å². The fraction of sp³-hybridized carbons (Fsp3) is 0.391. The summed E-state index contributed by atoms with van der Waals surface area (Å²) in [7, 11) is -3.49. The van der Waals surface area contributed by atoms with Gasteiger partial charge in [-0.25, -0.2) is 13.2 Å². The van der Waals surface area contributed by atoms with Crippen molar-refractivity contribution in [2.24, 2.45) is 0 Å². The highest BCUT2D eigenvalue weighted by atomic mass is 32.2. The predicted octanol–water partition coefficient (Wildman–Crippen LogP) is 3.23. The Morgan fingerprint density at radius 2 is 1.69 bits per heavy atom. The van der Waals surface area contributed by atoms with Gasteiger partial charge in [0.2, 0.25) is 15.9 Å². The minimum Gasteiger partial charge on any atom is -0.482 e. The molecule has 0 aromatic heterocycles. The third-order valence-electron chi connectivity index (χ3n) is 4.69. The number of sulfonamides is 1. The normalized spacial score (nSPS) is 11.2. The molecule has 2 rings (SSSR count). The maximum atomic E-state index is 12.5. The van der Waals surface area contributed by atoms with Crippen molar-refractivity contribution in [3.8, 4) is 5.75 Å². The van der Waals surface area contributed by atoms with E-state index in [1.165, 1.54) is 4.31 Å². The van der Waals surface area contributed by atoms with Crippen LogP contribution in [-0.4, -0.2) is 50.9 Å². The number of anilines is 1. The fourth-order valence-electron chi connectivity index (χ4n) is 3.03. The number of benzene rings is 2. The summed E-state index contributed by atoms with van der Waals surface area (Å²) in [5.74, 6) is -0.203. The number of nitrogens with zero attached hydrogens (tertiary/aromatic N) is 1. The summed E-state index contributed by atoms with van der Waals surface area (Å²) in [6, 6.07) is 13.4. The van der Waals surface area contributed by atoms with Crippen LogP contribution in [0.5, 0.6) is 5.75 Å². The first kappa shape index (κ1) is 25.4. The van der Waals surface area contributed by atoms with Crippen LogP contribution < -0.4 is 10.1 Å². The number of rotatable bonds is 12. The van der Waals surface area contributed by atoms with E-state index in [9.17, 15) is 18.0 Å². The largest absolute Gasteiger partial charge is 0.482 e. The van der Waals surface area contributed by atoms with Crippen molar-refractivity contribution < 1.29 is 27.5 Å². The van der Waals surface area contributed by atoms with Crippen molar-refractivity contribution in [2.45, 2.75) is 38.5 Å². The summed E-state index contributed by atoms with van der Waals surface area (Å²) in [6.45, 7) is 6.23. The van der Waals surface area contributed by atoms with E-state index in [0.717, 1.165) is 5.56 Å². The van der Waals surface area contributed by atoms with Crippen LogP contribution in [0, 0.1) is 0 Å². The Morgan fingerprint density at radius 3 is 2.31 bits per heavy atom. The van der Waals surface area contributed by atoms with Crippen LogP contribution in [0.2, 0.25) is 0 Å². The first-order valence-electron chi connectivity index (χ1n) is 10.6. The molecule has 0 bridgehead atoms. The second-order valence-electron chi connectivity index (χ2n) is 6.90. The van der Waals surface area contributed by atoms with E-state index in [4.69, 9.17) is 9.47 Å². The van der Waals surface area contributed by atoms with Crippen LogP contribution >= 0.6 is 0 Å². The third-order valence-corrected chi connectivity index (χ3v) is 6.75. The zero-order valence-corrected chi connectivity index (χ0v) is 19.5. The van der Waals surface area contributed by atoms with E-state index in [0.29, 0.717) is 30.9 Å². The van der Waals surface area contributed by atoms with Crippen molar-refractivity contribution in [1.82, 2.24) is 4.31 Å². The molecule has 0 fully saturated rings. The number of carbonyl (C=O) groups excluding carboxylic acids is 2. The van der Waals surface area contributed by atoms with Crippen LogP contribution in [0.1, 0.15) is 32.8 Å². The second-order valence-corrected chi connectivity index (χ2v) is 8.84. The summed E-state index contributed by atoms with van der Waals surface area (Å²) in [5, 5.41) is 2.79. The molecule has 0 saturated carbocycles. The van der Waals surface area contributed by atoms with Gasteiger partial charge in [0.1, 0.15) is 5.75 Å². The van der Waals surface area contributed by atoms with Gasteiger partial charge in [-0.15, -0.1) is 0 Å². The summed E-state index contributed by atoms with van der Waals surface area (Å²) in [6.07, 6.45) is 0.701. The van der Waals surface area contributed by atoms with Gasteiger partial charge in [-0.3, -0.25) is 4.79 Å². The number of nitrogens with one attached hydrogen (secondary N) is 1. The molecule has 0 aliphatic heterocycles. The molecule has 0 unspecified atom stereocenters. The molecule has 32 heavy (non-hydrogen) atoms. The highest BCUT2D eigenvalue weighted by molar-refractivity contribution is 7.89. The molecular formula is C23H30N2O6S. The summed E-state index contributed by atoms with van der Waals surface area (Å²) < 4.78 is 36.7. The molecule has 9 heteroatoms. The van der Waals surface area contributed by atoms with Crippen molar-refractivity contribution in [1.29, 1.82) is 0 Å². The number of hydrogen-bond acceptors (Lipinski definition) is 6. The summed E-state index contributed by atoms with van der Waals surface area (Å²) in [4.78, 5) is 23.9. The Balaban J connectivity index is 1.89. The highest BCUT2D eigenvalue weighted by Gasteiger charge is 2.21. The minimum atomic E-state index is -3.49. The molecule has 0 heterocycles. The second kappa shape index (κ2) is 12.2. The summed E-state index contributed by atoms with van der Waals surface area (Å²) in [5.41, 5.74) is 1.42. The topological polar surface area (TPSA) is 102 Å². The zero-order valence-electron chi connectivity index (χ0n) is 18.7. The van der Waals surface area contributed by atoms with Gasteiger partial charge in [0.25, 0.3) is 0 Å². The van der Waals surface area contributed by atoms with Crippen LogP contribution in [0.3, 0.4) is 0 Å². The molecule has 8 nitrogen and oxygen atoms in total. The van der Waals surface area contributed by atoms with Gasteiger partial charge < -0.3 is 14.8 Å². The number of esters is 1. The molecular weight excluding hydrogens is 432 g/mol. The maximum absolute atomic E-state index is 12.5. The number of ether oxygens (including phenoxy) is 2. The quantitative estimate of drug-likeness (QED) is 0.486. The minimum absolute atomic E-state index is 0.188. The molecule has 0 aliphatic rings.